The van der Waals surface area contributed by atoms with Crippen LogP contribution in [0.2, 0.25) is 0 Å². The van der Waals surface area contributed by atoms with Crippen molar-refractivity contribution in [1.82, 2.24) is 14.9 Å². The van der Waals surface area contributed by atoms with Crippen LogP contribution < -0.4 is 19.7 Å². The molecule has 0 radical (unpaired) electrons. The molecule has 2 aromatic carbocycles. The zero-order valence-electron chi connectivity index (χ0n) is 18.6. The number of nitrogens with zero attached hydrogens (tertiary/aromatic N) is 5. The third kappa shape index (κ3) is 5.13. The van der Waals surface area contributed by atoms with Gasteiger partial charge in [-0.05, 0) is 51.3 Å². The van der Waals surface area contributed by atoms with Gasteiger partial charge in [-0.25, -0.2) is 14.4 Å². The predicted molar refractivity (Wildman–Crippen MR) is 130 cm³/mol. The van der Waals surface area contributed by atoms with E-state index in [1.807, 2.05) is 23.1 Å². The highest BCUT2D eigenvalue weighted by molar-refractivity contribution is 9.10. The second-order valence-corrected chi connectivity index (χ2v) is 9.06. The summed E-state index contributed by atoms with van der Waals surface area (Å²) >= 11 is 3.15. The lowest BCUT2D eigenvalue weighted by Gasteiger charge is -2.35. The molecule has 1 N–H and O–H groups in total. The number of aromatic nitrogens is 2. The Hall–Kier alpha value is -3.51. The number of nitro groups is 1. The monoisotopic (exact) mass is 544 g/mol. The maximum Gasteiger partial charge on any atom is 0.353 e. The number of hydrogen-bond acceptors (Lipinski definition) is 9. The molecule has 0 spiro atoms. The third-order valence-electron chi connectivity index (χ3n) is 5.94. The van der Waals surface area contributed by atoms with Crippen LogP contribution >= 0.6 is 15.9 Å². The van der Waals surface area contributed by atoms with E-state index in [1.54, 1.807) is 12.1 Å². The summed E-state index contributed by atoms with van der Waals surface area (Å²) in [6.07, 6.45) is 1.32. The zero-order valence-corrected chi connectivity index (χ0v) is 20.2. The maximum atomic E-state index is 13.5. The summed E-state index contributed by atoms with van der Waals surface area (Å²) < 4.78 is 24.6. The molecule has 0 unspecified atom stereocenters. The molecule has 35 heavy (non-hydrogen) atoms. The molecule has 10 nitrogen and oxygen atoms in total. The van der Waals surface area contributed by atoms with Gasteiger partial charge >= 0.3 is 5.69 Å². The highest BCUT2D eigenvalue weighted by Crippen LogP contribution is 2.34. The molecule has 0 aliphatic carbocycles. The van der Waals surface area contributed by atoms with Crippen molar-refractivity contribution in [3.8, 4) is 11.5 Å². The van der Waals surface area contributed by atoms with Crippen molar-refractivity contribution < 1.29 is 18.8 Å². The van der Waals surface area contributed by atoms with E-state index < -0.39 is 4.92 Å². The molecule has 2 aliphatic heterocycles. The van der Waals surface area contributed by atoms with Crippen molar-refractivity contribution in [2.24, 2.45) is 0 Å². The Morgan fingerprint density at radius 3 is 2.60 bits per heavy atom. The number of fused-ring (bicyclic) bond motifs is 1. The number of piperazine rings is 1. The second-order valence-electron chi connectivity index (χ2n) is 8.20. The molecule has 5 rings (SSSR count). The van der Waals surface area contributed by atoms with Gasteiger partial charge in [-0.2, -0.15) is 0 Å². The van der Waals surface area contributed by atoms with Gasteiger partial charge in [0.15, 0.2) is 11.5 Å². The van der Waals surface area contributed by atoms with Crippen molar-refractivity contribution >= 4 is 33.3 Å². The molecule has 0 saturated carbocycles. The van der Waals surface area contributed by atoms with Crippen LogP contribution in [0, 0.1) is 15.9 Å². The summed E-state index contributed by atoms with van der Waals surface area (Å²) in [5.74, 6) is 1.55. The number of benzene rings is 2. The topological polar surface area (TPSA) is 106 Å². The van der Waals surface area contributed by atoms with E-state index in [2.05, 4.69) is 36.1 Å². The molecule has 2 aliphatic rings. The molecule has 0 bridgehead atoms. The molecular weight excluding hydrogens is 523 g/mol. The van der Waals surface area contributed by atoms with Crippen LogP contribution in [0.1, 0.15) is 11.1 Å². The lowest BCUT2D eigenvalue weighted by molar-refractivity contribution is -0.383. The van der Waals surface area contributed by atoms with Crippen LogP contribution in [0.3, 0.4) is 0 Å². The number of ether oxygens (including phenoxy) is 2. The molecule has 12 heteroatoms. The average Bonchev–Trinajstić information content (AvgIpc) is 3.33. The van der Waals surface area contributed by atoms with Gasteiger partial charge in [0.05, 0.1) is 9.40 Å². The van der Waals surface area contributed by atoms with Crippen molar-refractivity contribution in [1.29, 1.82) is 0 Å². The Morgan fingerprint density at radius 2 is 1.83 bits per heavy atom. The van der Waals surface area contributed by atoms with E-state index in [0.29, 0.717) is 17.6 Å². The Labute approximate surface area is 209 Å². The number of halogens is 2. The first-order chi connectivity index (χ1) is 17.0. The van der Waals surface area contributed by atoms with E-state index in [1.165, 1.54) is 12.4 Å². The predicted octanol–water partition coefficient (Wildman–Crippen LogP) is 3.95. The van der Waals surface area contributed by atoms with Crippen LogP contribution in [0.5, 0.6) is 11.5 Å². The first-order valence-corrected chi connectivity index (χ1v) is 11.8. The van der Waals surface area contributed by atoms with Gasteiger partial charge in [-0.1, -0.05) is 12.1 Å². The van der Waals surface area contributed by atoms with E-state index in [9.17, 15) is 14.5 Å². The fraction of sp³-hybridized carbons (Fsp3) is 0.304. The summed E-state index contributed by atoms with van der Waals surface area (Å²) in [5, 5.41) is 15.0. The summed E-state index contributed by atoms with van der Waals surface area (Å²) in [7, 11) is 0. The first kappa shape index (κ1) is 23.2. The lowest BCUT2D eigenvalue weighted by Crippen LogP contribution is -2.46. The molecule has 3 heterocycles. The second kappa shape index (κ2) is 10.0. The lowest BCUT2D eigenvalue weighted by atomic mass is 10.1. The maximum absolute atomic E-state index is 13.5. The van der Waals surface area contributed by atoms with E-state index in [0.717, 1.165) is 42.3 Å². The minimum absolute atomic E-state index is 0.128. The summed E-state index contributed by atoms with van der Waals surface area (Å²) in [6, 6.07) is 10.5. The number of rotatable bonds is 7. The van der Waals surface area contributed by atoms with Gasteiger partial charge in [0, 0.05) is 39.3 Å². The number of hydrogen-bond donors (Lipinski definition) is 1. The van der Waals surface area contributed by atoms with Crippen molar-refractivity contribution in [3.63, 3.8) is 0 Å². The molecule has 0 amide bonds. The molecule has 182 valence electrons. The smallest absolute Gasteiger partial charge is 0.353 e. The minimum Gasteiger partial charge on any atom is -0.454 e. The number of nitrogens with one attached hydrogen (secondary N) is 1. The van der Waals surface area contributed by atoms with Crippen molar-refractivity contribution in [2.75, 3.05) is 43.2 Å². The normalized spacial score (nSPS) is 15.3. The minimum atomic E-state index is -0.461. The SMILES string of the molecule is O=[N+]([O-])c1c(NCc2ccc(F)c(Br)c2)ncnc1N1CCN(Cc2ccc3c(c2)OCO3)CC1. The van der Waals surface area contributed by atoms with Gasteiger partial charge in [0.1, 0.15) is 12.1 Å². The van der Waals surface area contributed by atoms with Crippen molar-refractivity contribution in [2.45, 2.75) is 13.1 Å². The van der Waals surface area contributed by atoms with Gasteiger partial charge in [0.25, 0.3) is 0 Å². The number of anilines is 2. The summed E-state index contributed by atoms with van der Waals surface area (Å²) in [4.78, 5) is 24.0. The third-order valence-corrected chi connectivity index (χ3v) is 6.55. The standard InChI is InChI=1S/C23H22BrFN6O4/c24-17-9-15(1-3-18(17)25)11-26-22-21(31(32)33)23(28-13-27-22)30-7-5-29(6-8-30)12-16-2-4-19-20(10-16)35-14-34-19/h1-4,9-10,13H,5-8,11-12,14H2,(H,26,27,28). The zero-order chi connectivity index (χ0) is 24.4. The van der Waals surface area contributed by atoms with E-state index >= 15 is 0 Å². The first-order valence-electron chi connectivity index (χ1n) is 11.0. The van der Waals surface area contributed by atoms with Crippen LogP contribution in [0.15, 0.2) is 47.2 Å². The molecule has 0 atom stereocenters. The van der Waals surface area contributed by atoms with Crippen LogP contribution in [0.25, 0.3) is 0 Å². The summed E-state index contributed by atoms with van der Waals surface area (Å²) in [6.45, 7) is 3.87. The highest BCUT2D eigenvalue weighted by atomic mass is 79.9. The largest absolute Gasteiger partial charge is 0.454 e. The average molecular weight is 545 g/mol. The van der Waals surface area contributed by atoms with Gasteiger partial charge in [-0.3, -0.25) is 15.0 Å². The van der Waals surface area contributed by atoms with Crippen LogP contribution in [-0.2, 0) is 13.1 Å². The fourth-order valence-electron chi connectivity index (χ4n) is 4.15. The highest BCUT2D eigenvalue weighted by Gasteiger charge is 2.29. The quantitative estimate of drug-likeness (QED) is 0.349. The molecule has 1 fully saturated rings. The molecule has 1 aromatic heterocycles. The van der Waals surface area contributed by atoms with Gasteiger partial charge in [-0.15, -0.1) is 0 Å². The van der Waals surface area contributed by atoms with Crippen LogP contribution in [0.4, 0.5) is 21.7 Å². The fourth-order valence-corrected chi connectivity index (χ4v) is 4.58. The Balaban J connectivity index is 1.25. The molecular formula is C23H22BrFN6O4. The van der Waals surface area contributed by atoms with Gasteiger partial charge < -0.3 is 19.7 Å². The molecule has 1 saturated heterocycles. The Kier molecular flexibility index (Phi) is 6.64. The van der Waals surface area contributed by atoms with E-state index in [-0.39, 0.29) is 36.5 Å². The molecule has 3 aromatic rings. The summed E-state index contributed by atoms with van der Waals surface area (Å²) in [5.41, 5.74) is 1.71. The van der Waals surface area contributed by atoms with Gasteiger partial charge in [0.2, 0.25) is 18.4 Å². The van der Waals surface area contributed by atoms with Crippen LogP contribution in [-0.4, -0.2) is 52.8 Å². The Bertz CT molecular complexity index is 1250. The van der Waals surface area contributed by atoms with E-state index in [4.69, 9.17) is 9.47 Å². The van der Waals surface area contributed by atoms with Crippen molar-refractivity contribution in [3.05, 3.63) is 74.3 Å². The Morgan fingerprint density at radius 1 is 1.06 bits per heavy atom.